The largest absolute Gasteiger partial charge is 0.489 e. The van der Waals surface area contributed by atoms with Gasteiger partial charge in [-0.15, -0.1) is 0 Å². The van der Waals surface area contributed by atoms with Gasteiger partial charge < -0.3 is 14.4 Å². The topological polar surface area (TPSA) is 34.4 Å². The summed E-state index contributed by atoms with van der Waals surface area (Å²) in [6.45, 7) is 3.64. The highest BCUT2D eigenvalue weighted by atomic mass is 16.5. The molecule has 0 unspecified atom stereocenters. The molecule has 1 heterocycles. The highest BCUT2D eigenvalue weighted by Gasteiger charge is 2.08. The summed E-state index contributed by atoms with van der Waals surface area (Å²) >= 11 is 0. The molecular weight excluding hydrogens is 226 g/mol. The molecule has 0 aliphatic rings. The van der Waals surface area contributed by atoms with Crippen molar-refractivity contribution in [2.24, 2.45) is 0 Å². The van der Waals surface area contributed by atoms with E-state index in [1.165, 1.54) is 24.8 Å². The lowest BCUT2D eigenvalue weighted by atomic mass is 10.2. The molecule has 2 rings (SSSR count). The van der Waals surface area contributed by atoms with Crippen molar-refractivity contribution < 1.29 is 9.84 Å². The molecule has 0 saturated heterocycles. The lowest BCUT2D eigenvalue weighted by Gasteiger charge is -2.03. The fourth-order valence-corrected chi connectivity index (χ4v) is 2.20. The SMILES string of the molecule is CCCCCn1cc(OCCO)c2ccccc21. The van der Waals surface area contributed by atoms with Gasteiger partial charge in [-0.3, -0.25) is 0 Å². The number of aromatic nitrogens is 1. The first-order chi connectivity index (χ1) is 8.86. The Labute approximate surface area is 108 Å². The van der Waals surface area contributed by atoms with Gasteiger partial charge in [0.05, 0.1) is 12.1 Å². The predicted octanol–water partition coefficient (Wildman–Crippen LogP) is 3.20. The van der Waals surface area contributed by atoms with Crippen molar-refractivity contribution in [2.75, 3.05) is 13.2 Å². The summed E-state index contributed by atoms with van der Waals surface area (Å²) in [6, 6.07) is 8.25. The number of benzene rings is 1. The zero-order chi connectivity index (χ0) is 12.8. The molecule has 1 aromatic heterocycles. The van der Waals surface area contributed by atoms with Crippen LogP contribution in [0.25, 0.3) is 10.9 Å². The summed E-state index contributed by atoms with van der Waals surface area (Å²) in [6.07, 6.45) is 5.72. The summed E-state index contributed by atoms with van der Waals surface area (Å²) in [5.41, 5.74) is 1.21. The molecule has 0 amide bonds. The molecule has 3 nitrogen and oxygen atoms in total. The van der Waals surface area contributed by atoms with Gasteiger partial charge in [0.2, 0.25) is 0 Å². The summed E-state index contributed by atoms with van der Waals surface area (Å²) < 4.78 is 7.83. The minimum Gasteiger partial charge on any atom is -0.489 e. The van der Waals surface area contributed by atoms with Crippen LogP contribution in [0.2, 0.25) is 0 Å². The molecule has 0 fully saturated rings. The molecule has 1 aromatic carbocycles. The summed E-state index contributed by atoms with van der Waals surface area (Å²) in [5.74, 6) is 0.871. The Balaban J connectivity index is 2.23. The van der Waals surface area contributed by atoms with Crippen molar-refractivity contribution in [1.29, 1.82) is 0 Å². The minimum atomic E-state index is 0.0509. The van der Waals surface area contributed by atoms with Crippen LogP contribution in [0.15, 0.2) is 30.5 Å². The number of nitrogens with zero attached hydrogens (tertiary/aromatic N) is 1. The number of fused-ring (bicyclic) bond motifs is 1. The van der Waals surface area contributed by atoms with Gasteiger partial charge in [0, 0.05) is 18.1 Å². The monoisotopic (exact) mass is 247 g/mol. The first-order valence-corrected chi connectivity index (χ1v) is 6.68. The second-order valence-electron chi connectivity index (χ2n) is 4.48. The molecule has 0 spiro atoms. The quantitative estimate of drug-likeness (QED) is 0.762. The number of hydrogen-bond acceptors (Lipinski definition) is 2. The third-order valence-corrected chi connectivity index (χ3v) is 3.10. The van der Waals surface area contributed by atoms with E-state index in [9.17, 15) is 0 Å². The Morgan fingerprint density at radius 2 is 2.06 bits per heavy atom. The third kappa shape index (κ3) is 2.85. The Hall–Kier alpha value is -1.48. The van der Waals surface area contributed by atoms with Crippen LogP contribution in [0.4, 0.5) is 0 Å². The smallest absolute Gasteiger partial charge is 0.144 e. The van der Waals surface area contributed by atoms with E-state index in [4.69, 9.17) is 9.84 Å². The van der Waals surface area contributed by atoms with E-state index in [1.54, 1.807) is 0 Å². The minimum absolute atomic E-state index is 0.0509. The van der Waals surface area contributed by atoms with Crippen LogP contribution in [0.3, 0.4) is 0 Å². The van der Waals surface area contributed by atoms with Gasteiger partial charge >= 0.3 is 0 Å². The van der Waals surface area contributed by atoms with Gasteiger partial charge in [-0.05, 0) is 18.6 Å². The van der Waals surface area contributed by atoms with Crippen LogP contribution in [0, 0.1) is 0 Å². The summed E-state index contributed by atoms with van der Waals surface area (Å²) in [4.78, 5) is 0. The van der Waals surface area contributed by atoms with Crippen molar-refractivity contribution >= 4 is 10.9 Å². The Morgan fingerprint density at radius 3 is 2.83 bits per heavy atom. The van der Waals surface area contributed by atoms with Crippen molar-refractivity contribution in [2.45, 2.75) is 32.7 Å². The van der Waals surface area contributed by atoms with Gasteiger partial charge in [0.15, 0.2) is 0 Å². The van der Waals surface area contributed by atoms with Crippen LogP contribution in [-0.2, 0) is 6.54 Å². The standard InChI is InChI=1S/C15H21NO2/c1-2-3-6-9-16-12-15(18-11-10-17)13-7-4-5-8-14(13)16/h4-5,7-8,12,17H,2-3,6,9-11H2,1H3. The number of unbranched alkanes of at least 4 members (excludes halogenated alkanes) is 2. The molecule has 1 N–H and O–H groups in total. The summed E-state index contributed by atoms with van der Waals surface area (Å²) in [5, 5.41) is 9.98. The summed E-state index contributed by atoms with van der Waals surface area (Å²) in [7, 11) is 0. The van der Waals surface area contributed by atoms with E-state index in [2.05, 4.69) is 35.9 Å². The molecule has 0 bridgehead atoms. The van der Waals surface area contributed by atoms with Crippen molar-refractivity contribution in [3.63, 3.8) is 0 Å². The van der Waals surface area contributed by atoms with E-state index >= 15 is 0 Å². The van der Waals surface area contributed by atoms with Crippen molar-refractivity contribution in [3.8, 4) is 5.75 Å². The number of ether oxygens (including phenoxy) is 1. The van der Waals surface area contributed by atoms with E-state index in [1.807, 2.05) is 6.07 Å². The van der Waals surface area contributed by atoms with E-state index in [0.29, 0.717) is 6.61 Å². The van der Waals surface area contributed by atoms with E-state index < -0.39 is 0 Å². The van der Waals surface area contributed by atoms with Gasteiger partial charge in [0.1, 0.15) is 12.4 Å². The predicted molar refractivity (Wildman–Crippen MR) is 74.0 cm³/mol. The van der Waals surface area contributed by atoms with E-state index in [-0.39, 0.29) is 6.61 Å². The second kappa shape index (κ2) is 6.45. The highest BCUT2D eigenvalue weighted by molar-refractivity contribution is 5.86. The Kier molecular flexibility index (Phi) is 4.65. The number of rotatable bonds is 7. The van der Waals surface area contributed by atoms with E-state index in [0.717, 1.165) is 17.7 Å². The molecule has 0 saturated carbocycles. The molecular formula is C15H21NO2. The zero-order valence-electron chi connectivity index (χ0n) is 10.9. The Bertz CT molecular complexity index is 490. The molecule has 3 heteroatoms. The van der Waals surface area contributed by atoms with Crippen molar-refractivity contribution in [1.82, 2.24) is 4.57 Å². The maximum absolute atomic E-state index is 8.85. The normalized spacial score (nSPS) is 11.0. The number of hydrogen-bond donors (Lipinski definition) is 1. The second-order valence-corrected chi connectivity index (χ2v) is 4.48. The Morgan fingerprint density at radius 1 is 1.22 bits per heavy atom. The lowest BCUT2D eigenvalue weighted by molar-refractivity contribution is 0.202. The molecule has 0 radical (unpaired) electrons. The molecule has 98 valence electrons. The van der Waals surface area contributed by atoms with Crippen LogP contribution >= 0.6 is 0 Å². The average Bonchev–Trinajstić information content (AvgIpc) is 2.76. The fourth-order valence-electron chi connectivity index (χ4n) is 2.20. The number of aliphatic hydroxyl groups excluding tert-OH is 1. The number of aryl methyl sites for hydroxylation is 1. The molecule has 0 atom stereocenters. The van der Waals surface area contributed by atoms with Crippen LogP contribution in [-0.4, -0.2) is 22.9 Å². The average molecular weight is 247 g/mol. The van der Waals surface area contributed by atoms with Gasteiger partial charge in [-0.2, -0.15) is 0 Å². The van der Waals surface area contributed by atoms with Crippen LogP contribution < -0.4 is 4.74 Å². The maximum atomic E-state index is 8.85. The molecule has 2 aromatic rings. The van der Waals surface area contributed by atoms with Crippen molar-refractivity contribution in [3.05, 3.63) is 30.5 Å². The molecule has 0 aliphatic carbocycles. The van der Waals surface area contributed by atoms with Crippen LogP contribution in [0.1, 0.15) is 26.2 Å². The zero-order valence-corrected chi connectivity index (χ0v) is 10.9. The first-order valence-electron chi connectivity index (χ1n) is 6.68. The molecule has 18 heavy (non-hydrogen) atoms. The number of para-hydroxylation sites is 1. The fraction of sp³-hybridized carbons (Fsp3) is 0.467. The van der Waals surface area contributed by atoms with Crippen LogP contribution in [0.5, 0.6) is 5.75 Å². The molecule has 0 aliphatic heterocycles. The lowest BCUT2D eigenvalue weighted by Crippen LogP contribution is -2.01. The van der Waals surface area contributed by atoms with Gasteiger partial charge in [-0.1, -0.05) is 31.9 Å². The third-order valence-electron chi connectivity index (χ3n) is 3.10. The number of aliphatic hydroxyl groups is 1. The first kappa shape index (κ1) is 13.0. The van der Waals surface area contributed by atoms with Gasteiger partial charge in [0.25, 0.3) is 0 Å². The highest BCUT2D eigenvalue weighted by Crippen LogP contribution is 2.28. The van der Waals surface area contributed by atoms with Gasteiger partial charge in [-0.25, -0.2) is 0 Å². The maximum Gasteiger partial charge on any atom is 0.144 e.